The summed E-state index contributed by atoms with van der Waals surface area (Å²) in [7, 11) is 0. The normalized spacial score (nSPS) is 33.4. The zero-order chi connectivity index (χ0) is 6.15. The smallest absolute Gasteiger partial charge is 0.0662 e. The molecule has 3 nitrogen and oxygen atoms in total. The molecule has 0 spiro atoms. The van der Waals surface area contributed by atoms with Crippen molar-refractivity contribution in [2.24, 2.45) is 11.8 Å². The first-order valence-corrected chi connectivity index (χ1v) is 2.36. The molecule has 1 fully saturated rings. The number of nitrogens with zero attached hydrogens (tertiary/aromatic N) is 1. The average Bonchev–Trinajstić information content (AvgIpc) is 2.42. The standard InChI is InChI=1S/C5H5NO2/c6-2-3-1-4(3)5(7)8/h3-4H,1H2,(H,7,8)/p-1. The predicted octanol–water partition coefficient (Wildman–Crippen LogP) is -1.10. The van der Waals surface area contributed by atoms with Crippen molar-refractivity contribution in [2.75, 3.05) is 0 Å². The summed E-state index contributed by atoms with van der Waals surface area (Å²) in [6.07, 6.45) is 0.485. The van der Waals surface area contributed by atoms with Crippen molar-refractivity contribution in [1.29, 1.82) is 5.26 Å². The fourth-order valence-corrected chi connectivity index (χ4v) is 0.598. The van der Waals surface area contributed by atoms with Gasteiger partial charge in [0.25, 0.3) is 0 Å². The summed E-state index contributed by atoms with van der Waals surface area (Å²) in [5.41, 5.74) is 0. The largest absolute Gasteiger partial charge is 0.550 e. The lowest BCUT2D eigenvalue weighted by molar-refractivity contribution is -0.308. The highest BCUT2D eigenvalue weighted by Crippen LogP contribution is 2.36. The van der Waals surface area contributed by atoms with Gasteiger partial charge in [-0.25, -0.2) is 0 Å². The molecule has 1 rings (SSSR count). The van der Waals surface area contributed by atoms with Gasteiger partial charge in [-0.05, 0) is 6.42 Å². The number of rotatable bonds is 1. The Morgan fingerprint density at radius 3 is 2.62 bits per heavy atom. The van der Waals surface area contributed by atoms with Gasteiger partial charge in [-0.1, -0.05) is 0 Å². The van der Waals surface area contributed by atoms with E-state index in [2.05, 4.69) is 0 Å². The van der Waals surface area contributed by atoms with Crippen molar-refractivity contribution < 1.29 is 9.90 Å². The lowest BCUT2D eigenvalue weighted by Crippen LogP contribution is -2.24. The van der Waals surface area contributed by atoms with E-state index in [0.717, 1.165) is 0 Å². The molecule has 0 amide bonds. The van der Waals surface area contributed by atoms with Crippen LogP contribution in [-0.4, -0.2) is 5.97 Å². The second kappa shape index (κ2) is 1.48. The van der Waals surface area contributed by atoms with Gasteiger partial charge in [0.1, 0.15) is 0 Å². The van der Waals surface area contributed by atoms with Crippen LogP contribution >= 0.6 is 0 Å². The van der Waals surface area contributed by atoms with Crippen LogP contribution in [0, 0.1) is 23.2 Å². The second-order valence-electron chi connectivity index (χ2n) is 1.90. The molecular weight excluding hydrogens is 106 g/mol. The first kappa shape index (κ1) is 5.10. The van der Waals surface area contributed by atoms with Crippen LogP contribution in [0.5, 0.6) is 0 Å². The van der Waals surface area contributed by atoms with Crippen LogP contribution in [0.1, 0.15) is 6.42 Å². The van der Waals surface area contributed by atoms with E-state index in [4.69, 9.17) is 5.26 Å². The Kier molecular flexibility index (Phi) is 0.943. The summed E-state index contributed by atoms with van der Waals surface area (Å²) in [5, 5.41) is 18.0. The summed E-state index contributed by atoms with van der Waals surface area (Å²) in [5.74, 6) is -1.82. The molecule has 42 valence electrons. The number of carbonyl (C=O) groups is 1. The Morgan fingerprint density at radius 1 is 1.88 bits per heavy atom. The van der Waals surface area contributed by atoms with E-state index in [1.54, 1.807) is 0 Å². The van der Waals surface area contributed by atoms with Crippen LogP contribution < -0.4 is 5.11 Å². The highest BCUT2D eigenvalue weighted by Gasteiger charge is 2.38. The third kappa shape index (κ3) is 0.648. The van der Waals surface area contributed by atoms with Crippen LogP contribution in [0.3, 0.4) is 0 Å². The molecule has 0 N–H and O–H groups in total. The van der Waals surface area contributed by atoms with Crippen molar-refractivity contribution >= 4 is 5.97 Å². The molecule has 1 aliphatic rings. The van der Waals surface area contributed by atoms with E-state index in [-0.39, 0.29) is 5.92 Å². The van der Waals surface area contributed by atoms with Crippen molar-refractivity contribution in [1.82, 2.24) is 0 Å². The fourth-order valence-electron chi connectivity index (χ4n) is 0.598. The topological polar surface area (TPSA) is 63.9 Å². The molecule has 3 heteroatoms. The highest BCUT2D eigenvalue weighted by molar-refractivity contribution is 5.72. The van der Waals surface area contributed by atoms with Crippen molar-refractivity contribution in [3.8, 4) is 6.07 Å². The minimum Gasteiger partial charge on any atom is -0.550 e. The Hall–Kier alpha value is -1.04. The van der Waals surface area contributed by atoms with E-state index in [1.807, 2.05) is 6.07 Å². The van der Waals surface area contributed by atoms with Crippen molar-refractivity contribution in [3.63, 3.8) is 0 Å². The summed E-state index contributed by atoms with van der Waals surface area (Å²) < 4.78 is 0. The molecule has 2 atom stereocenters. The van der Waals surface area contributed by atoms with E-state index < -0.39 is 11.9 Å². The average molecular weight is 110 g/mol. The van der Waals surface area contributed by atoms with Crippen molar-refractivity contribution in [3.05, 3.63) is 0 Å². The van der Waals surface area contributed by atoms with Gasteiger partial charge in [0.05, 0.1) is 12.0 Å². The van der Waals surface area contributed by atoms with Gasteiger partial charge >= 0.3 is 0 Å². The zero-order valence-corrected chi connectivity index (χ0v) is 4.13. The molecule has 1 saturated carbocycles. The number of carbonyl (C=O) groups excluding carboxylic acids is 1. The van der Waals surface area contributed by atoms with Crippen LogP contribution in [0.2, 0.25) is 0 Å². The van der Waals surface area contributed by atoms with Gasteiger partial charge in [0.15, 0.2) is 0 Å². The third-order valence-electron chi connectivity index (χ3n) is 1.26. The van der Waals surface area contributed by atoms with E-state index in [0.29, 0.717) is 6.42 Å². The van der Waals surface area contributed by atoms with Gasteiger partial charge in [-0.15, -0.1) is 0 Å². The predicted molar refractivity (Wildman–Crippen MR) is 22.2 cm³/mol. The third-order valence-corrected chi connectivity index (χ3v) is 1.26. The van der Waals surface area contributed by atoms with Gasteiger partial charge < -0.3 is 9.90 Å². The monoisotopic (exact) mass is 110 g/mol. The fraction of sp³-hybridized carbons (Fsp3) is 0.600. The molecule has 0 radical (unpaired) electrons. The summed E-state index contributed by atoms with van der Waals surface area (Å²) in [6.45, 7) is 0. The molecule has 8 heavy (non-hydrogen) atoms. The van der Waals surface area contributed by atoms with Crippen LogP contribution in [0.25, 0.3) is 0 Å². The minimum atomic E-state index is -1.09. The summed E-state index contributed by atoms with van der Waals surface area (Å²) in [6, 6.07) is 1.85. The van der Waals surface area contributed by atoms with Crippen molar-refractivity contribution in [2.45, 2.75) is 6.42 Å². The maximum absolute atomic E-state index is 9.87. The van der Waals surface area contributed by atoms with Gasteiger partial charge in [0.2, 0.25) is 0 Å². The maximum Gasteiger partial charge on any atom is 0.0662 e. The van der Waals surface area contributed by atoms with Gasteiger partial charge in [-0.2, -0.15) is 5.26 Å². The Morgan fingerprint density at radius 2 is 2.50 bits per heavy atom. The quantitative estimate of drug-likeness (QED) is 0.430. The molecule has 0 bridgehead atoms. The maximum atomic E-state index is 9.87. The van der Waals surface area contributed by atoms with E-state index in [1.165, 1.54) is 0 Å². The van der Waals surface area contributed by atoms with E-state index >= 15 is 0 Å². The molecule has 0 aromatic heterocycles. The zero-order valence-electron chi connectivity index (χ0n) is 4.13. The van der Waals surface area contributed by atoms with Gasteiger partial charge in [0, 0.05) is 11.9 Å². The molecular formula is C5H4NO2-. The Bertz CT molecular complexity index is 158. The number of carboxylic acid groups (broad SMARTS) is 1. The number of hydrogen-bond acceptors (Lipinski definition) is 3. The van der Waals surface area contributed by atoms with E-state index in [9.17, 15) is 9.90 Å². The lowest BCUT2D eigenvalue weighted by Gasteiger charge is -1.92. The molecule has 0 aliphatic heterocycles. The molecule has 0 aromatic rings. The van der Waals surface area contributed by atoms with Gasteiger partial charge in [-0.3, -0.25) is 0 Å². The number of carboxylic acids is 1. The molecule has 0 saturated heterocycles. The molecule has 0 aromatic carbocycles. The molecule has 2 unspecified atom stereocenters. The second-order valence-corrected chi connectivity index (χ2v) is 1.90. The summed E-state index contributed by atoms with van der Waals surface area (Å²) in [4.78, 5) is 9.87. The first-order valence-electron chi connectivity index (χ1n) is 2.36. The van der Waals surface area contributed by atoms with Crippen LogP contribution in [0.4, 0.5) is 0 Å². The highest BCUT2D eigenvalue weighted by atomic mass is 16.4. The van der Waals surface area contributed by atoms with Crippen LogP contribution in [0.15, 0.2) is 0 Å². The lowest BCUT2D eigenvalue weighted by atomic mass is 10.3. The minimum absolute atomic E-state index is 0.264. The summed E-state index contributed by atoms with van der Waals surface area (Å²) >= 11 is 0. The molecule has 1 aliphatic carbocycles. The molecule has 0 heterocycles. The number of hydrogen-bond donors (Lipinski definition) is 0. The number of nitriles is 1. The Balaban J connectivity index is 2.40. The first-order chi connectivity index (χ1) is 3.75. The van der Waals surface area contributed by atoms with Crippen LogP contribution in [-0.2, 0) is 4.79 Å². The Labute approximate surface area is 46.5 Å². The number of aliphatic carboxylic acids is 1. The SMILES string of the molecule is N#CC1CC1C(=O)[O-].